The standard InChI is InChI=1S/C19H24N2O5S/c1-12(2)17-11-18(13(3)9-19(17)26-5)14(4)20-27(24,25)16-8-6-7-15(10-16)21(22)23/h6-12,14,20H,1-5H3/t14-/m0/s1. The molecule has 1 atom stereocenters. The van der Waals surface area contributed by atoms with Gasteiger partial charge in [0.05, 0.1) is 16.9 Å². The second kappa shape index (κ2) is 8.06. The number of hydrogen-bond donors (Lipinski definition) is 1. The van der Waals surface area contributed by atoms with Gasteiger partial charge in [-0.15, -0.1) is 0 Å². The van der Waals surface area contributed by atoms with E-state index < -0.39 is 21.0 Å². The molecule has 0 spiro atoms. The number of ether oxygens (including phenoxy) is 1. The van der Waals surface area contributed by atoms with Gasteiger partial charge in [-0.1, -0.05) is 19.9 Å². The second-order valence-corrected chi connectivity index (χ2v) is 8.42. The Morgan fingerprint density at radius 3 is 2.33 bits per heavy atom. The van der Waals surface area contributed by atoms with Gasteiger partial charge in [0.2, 0.25) is 10.0 Å². The molecule has 7 nitrogen and oxygen atoms in total. The maximum atomic E-state index is 12.7. The van der Waals surface area contributed by atoms with Crippen LogP contribution in [0.25, 0.3) is 0 Å². The van der Waals surface area contributed by atoms with Crippen molar-refractivity contribution in [1.82, 2.24) is 4.72 Å². The number of methoxy groups -OCH3 is 1. The van der Waals surface area contributed by atoms with Gasteiger partial charge in [-0.3, -0.25) is 10.1 Å². The third kappa shape index (κ3) is 4.64. The molecule has 0 fully saturated rings. The third-order valence-corrected chi connectivity index (χ3v) is 5.92. The molecule has 2 aromatic rings. The molecule has 0 aliphatic carbocycles. The first-order valence-corrected chi connectivity index (χ1v) is 10.0. The zero-order chi connectivity index (χ0) is 20.4. The Morgan fingerprint density at radius 1 is 1.11 bits per heavy atom. The molecule has 0 heterocycles. The van der Waals surface area contributed by atoms with Crippen molar-refractivity contribution in [2.75, 3.05) is 7.11 Å². The summed E-state index contributed by atoms with van der Waals surface area (Å²) < 4.78 is 33.4. The van der Waals surface area contributed by atoms with E-state index in [0.29, 0.717) is 0 Å². The zero-order valence-corrected chi connectivity index (χ0v) is 16.8. The smallest absolute Gasteiger partial charge is 0.270 e. The van der Waals surface area contributed by atoms with E-state index in [9.17, 15) is 18.5 Å². The van der Waals surface area contributed by atoms with Crippen molar-refractivity contribution in [3.63, 3.8) is 0 Å². The SMILES string of the molecule is COc1cc(C)c([C@H](C)NS(=O)(=O)c2cccc([N+](=O)[O-])c2)cc1C(C)C. The van der Waals surface area contributed by atoms with Crippen LogP contribution < -0.4 is 9.46 Å². The summed E-state index contributed by atoms with van der Waals surface area (Å²) in [7, 11) is -2.31. The van der Waals surface area contributed by atoms with Gasteiger partial charge in [0, 0.05) is 18.2 Å². The van der Waals surface area contributed by atoms with E-state index in [1.807, 2.05) is 32.9 Å². The lowest BCUT2D eigenvalue weighted by molar-refractivity contribution is -0.385. The van der Waals surface area contributed by atoms with Crippen LogP contribution in [0.15, 0.2) is 41.3 Å². The highest BCUT2D eigenvalue weighted by Crippen LogP contribution is 2.32. The first-order chi connectivity index (χ1) is 12.6. The molecule has 0 aromatic heterocycles. The highest BCUT2D eigenvalue weighted by molar-refractivity contribution is 7.89. The molecule has 0 saturated heterocycles. The number of nitro groups is 1. The number of nitrogens with zero attached hydrogens (tertiary/aromatic N) is 1. The summed E-state index contributed by atoms with van der Waals surface area (Å²) >= 11 is 0. The Morgan fingerprint density at radius 2 is 1.78 bits per heavy atom. The molecule has 2 rings (SSSR count). The molecule has 0 aliphatic heterocycles. The fraction of sp³-hybridized carbons (Fsp3) is 0.368. The van der Waals surface area contributed by atoms with E-state index in [1.54, 1.807) is 14.0 Å². The van der Waals surface area contributed by atoms with Gasteiger partial charge in [-0.05, 0) is 54.7 Å². The van der Waals surface area contributed by atoms with Crippen LogP contribution in [-0.4, -0.2) is 20.5 Å². The summed E-state index contributed by atoms with van der Waals surface area (Å²) in [5.41, 5.74) is 2.44. The number of sulfonamides is 1. The quantitative estimate of drug-likeness (QED) is 0.565. The van der Waals surface area contributed by atoms with E-state index in [-0.39, 0.29) is 16.5 Å². The molecule has 0 bridgehead atoms. The van der Waals surface area contributed by atoms with Crippen molar-refractivity contribution in [2.45, 2.75) is 44.6 Å². The van der Waals surface area contributed by atoms with Crippen molar-refractivity contribution in [3.8, 4) is 5.75 Å². The minimum atomic E-state index is -3.91. The van der Waals surface area contributed by atoms with Crippen LogP contribution in [0.2, 0.25) is 0 Å². The Balaban J connectivity index is 2.39. The largest absolute Gasteiger partial charge is 0.496 e. The minimum Gasteiger partial charge on any atom is -0.496 e. The first kappa shape index (κ1) is 20.9. The average molecular weight is 392 g/mol. The van der Waals surface area contributed by atoms with Crippen molar-refractivity contribution >= 4 is 15.7 Å². The van der Waals surface area contributed by atoms with Crippen LogP contribution in [0, 0.1) is 17.0 Å². The Labute approximate surface area is 159 Å². The van der Waals surface area contributed by atoms with Gasteiger partial charge >= 0.3 is 0 Å². The fourth-order valence-electron chi connectivity index (χ4n) is 2.94. The van der Waals surface area contributed by atoms with Gasteiger partial charge in [0.15, 0.2) is 0 Å². The van der Waals surface area contributed by atoms with Crippen LogP contribution in [0.5, 0.6) is 5.75 Å². The lowest BCUT2D eigenvalue weighted by Gasteiger charge is -2.21. The van der Waals surface area contributed by atoms with Gasteiger partial charge < -0.3 is 4.74 Å². The van der Waals surface area contributed by atoms with Crippen molar-refractivity contribution in [2.24, 2.45) is 0 Å². The van der Waals surface area contributed by atoms with E-state index >= 15 is 0 Å². The van der Waals surface area contributed by atoms with Crippen LogP contribution >= 0.6 is 0 Å². The molecule has 0 amide bonds. The molecule has 0 radical (unpaired) electrons. The number of benzene rings is 2. The molecule has 0 unspecified atom stereocenters. The Kier molecular flexibility index (Phi) is 6.22. The number of non-ortho nitro benzene ring substituents is 1. The molecular formula is C19H24N2O5S. The summed E-state index contributed by atoms with van der Waals surface area (Å²) in [5.74, 6) is 0.972. The number of aryl methyl sites for hydroxylation is 1. The van der Waals surface area contributed by atoms with E-state index in [0.717, 1.165) is 28.5 Å². The summed E-state index contributed by atoms with van der Waals surface area (Å²) in [4.78, 5) is 10.1. The van der Waals surface area contributed by atoms with Crippen LogP contribution in [-0.2, 0) is 10.0 Å². The lowest BCUT2D eigenvalue weighted by Crippen LogP contribution is -2.27. The number of hydrogen-bond acceptors (Lipinski definition) is 5. The van der Waals surface area contributed by atoms with Gasteiger partial charge in [0.1, 0.15) is 5.75 Å². The fourth-order valence-corrected chi connectivity index (χ4v) is 4.20. The molecule has 0 aliphatic rings. The molecular weight excluding hydrogens is 368 g/mol. The van der Waals surface area contributed by atoms with E-state index in [2.05, 4.69) is 4.72 Å². The zero-order valence-electron chi connectivity index (χ0n) is 16.0. The number of nitrogens with one attached hydrogen (secondary N) is 1. The minimum absolute atomic E-state index is 0.140. The van der Waals surface area contributed by atoms with Crippen molar-refractivity contribution in [1.29, 1.82) is 0 Å². The monoisotopic (exact) mass is 392 g/mol. The Hall–Kier alpha value is -2.45. The predicted molar refractivity (Wildman–Crippen MR) is 104 cm³/mol. The highest BCUT2D eigenvalue weighted by Gasteiger charge is 2.23. The summed E-state index contributed by atoms with van der Waals surface area (Å²) in [5, 5.41) is 10.9. The second-order valence-electron chi connectivity index (χ2n) is 6.70. The molecule has 2 aromatic carbocycles. The number of nitro benzene ring substituents is 1. The average Bonchev–Trinajstić information content (AvgIpc) is 2.60. The first-order valence-electron chi connectivity index (χ1n) is 8.52. The van der Waals surface area contributed by atoms with Gasteiger partial charge in [-0.2, -0.15) is 0 Å². The van der Waals surface area contributed by atoms with Gasteiger partial charge in [-0.25, -0.2) is 13.1 Å². The molecule has 1 N–H and O–H groups in total. The van der Waals surface area contributed by atoms with Gasteiger partial charge in [0.25, 0.3) is 5.69 Å². The topological polar surface area (TPSA) is 98.5 Å². The Bertz CT molecular complexity index is 955. The van der Waals surface area contributed by atoms with E-state index in [4.69, 9.17) is 4.74 Å². The highest BCUT2D eigenvalue weighted by atomic mass is 32.2. The summed E-state index contributed by atoms with van der Waals surface area (Å²) in [6, 6.07) is 8.32. The van der Waals surface area contributed by atoms with Crippen LogP contribution in [0.1, 0.15) is 49.4 Å². The lowest BCUT2D eigenvalue weighted by atomic mass is 9.94. The van der Waals surface area contributed by atoms with E-state index in [1.165, 1.54) is 18.2 Å². The normalized spacial score (nSPS) is 12.8. The molecule has 146 valence electrons. The maximum Gasteiger partial charge on any atom is 0.270 e. The maximum absolute atomic E-state index is 12.7. The summed E-state index contributed by atoms with van der Waals surface area (Å²) in [6.07, 6.45) is 0. The molecule has 27 heavy (non-hydrogen) atoms. The number of rotatable bonds is 7. The van der Waals surface area contributed by atoms with Crippen LogP contribution in [0.3, 0.4) is 0 Å². The summed E-state index contributed by atoms with van der Waals surface area (Å²) in [6.45, 7) is 7.71. The predicted octanol–water partition coefficient (Wildman–Crippen LogP) is 4.07. The van der Waals surface area contributed by atoms with Crippen LogP contribution in [0.4, 0.5) is 5.69 Å². The molecule has 0 saturated carbocycles. The van der Waals surface area contributed by atoms with Crippen molar-refractivity contribution in [3.05, 3.63) is 63.2 Å². The van der Waals surface area contributed by atoms with Crippen molar-refractivity contribution < 1.29 is 18.1 Å². The third-order valence-electron chi connectivity index (χ3n) is 4.38. The molecule has 8 heteroatoms.